The largest absolute Gasteiger partial charge is 0.459 e. The Balaban J connectivity index is 1.61. The lowest BCUT2D eigenvalue weighted by atomic mass is 10.1. The molecule has 25 heavy (non-hydrogen) atoms. The Morgan fingerprint density at radius 1 is 1.16 bits per heavy atom. The third kappa shape index (κ3) is 3.93. The van der Waals surface area contributed by atoms with E-state index in [9.17, 15) is 13.2 Å². The molecule has 0 aliphatic carbocycles. The van der Waals surface area contributed by atoms with Crippen LogP contribution in [0.4, 0.5) is 0 Å². The summed E-state index contributed by atoms with van der Waals surface area (Å²) in [4.78, 5) is 14.2. The summed E-state index contributed by atoms with van der Waals surface area (Å²) in [7, 11) is -3.55. The molecule has 2 aromatic rings. The first-order valence-electron chi connectivity index (χ1n) is 8.29. The summed E-state index contributed by atoms with van der Waals surface area (Å²) in [5, 5.41) is 0. The van der Waals surface area contributed by atoms with E-state index in [0.717, 1.165) is 11.1 Å². The Morgan fingerprint density at radius 2 is 1.88 bits per heavy atom. The summed E-state index contributed by atoms with van der Waals surface area (Å²) in [6.45, 7) is 4.84. The van der Waals surface area contributed by atoms with E-state index in [2.05, 4.69) is 4.72 Å². The fourth-order valence-electron chi connectivity index (χ4n) is 2.93. The van der Waals surface area contributed by atoms with E-state index in [0.29, 0.717) is 31.7 Å². The number of rotatable bonds is 4. The molecule has 0 spiro atoms. The maximum Gasteiger partial charge on any atom is 0.289 e. The molecule has 1 fully saturated rings. The van der Waals surface area contributed by atoms with E-state index in [1.54, 1.807) is 29.2 Å². The van der Waals surface area contributed by atoms with Gasteiger partial charge in [0.25, 0.3) is 5.91 Å². The van der Waals surface area contributed by atoms with Crippen molar-refractivity contribution in [2.24, 2.45) is 0 Å². The summed E-state index contributed by atoms with van der Waals surface area (Å²) in [6, 6.07) is 8.27. The fraction of sp³-hybridized carbons (Fsp3) is 0.389. The van der Waals surface area contributed by atoms with E-state index in [1.165, 1.54) is 6.26 Å². The number of amides is 1. The van der Waals surface area contributed by atoms with Crippen LogP contribution in [0.3, 0.4) is 0 Å². The lowest BCUT2D eigenvalue weighted by Crippen LogP contribution is -2.46. The van der Waals surface area contributed by atoms with Gasteiger partial charge in [0.1, 0.15) is 0 Å². The van der Waals surface area contributed by atoms with Crippen LogP contribution in [0, 0.1) is 13.8 Å². The molecular formula is C18H22N2O4S. The molecule has 1 aliphatic rings. The number of sulfonamides is 1. The van der Waals surface area contributed by atoms with Gasteiger partial charge in [-0.1, -0.05) is 6.07 Å². The number of nitrogens with zero attached hydrogens (tertiary/aromatic N) is 1. The second-order valence-electron chi connectivity index (χ2n) is 6.41. The number of aryl methyl sites for hydroxylation is 2. The predicted molar refractivity (Wildman–Crippen MR) is 93.9 cm³/mol. The molecule has 0 radical (unpaired) electrons. The molecule has 1 saturated heterocycles. The Hall–Kier alpha value is -2.12. The van der Waals surface area contributed by atoms with Crippen LogP contribution in [0.2, 0.25) is 0 Å². The van der Waals surface area contributed by atoms with E-state index < -0.39 is 10.0 Å². The van der Waals surface area contributed by atoms with Gasteiger partial charge in [-0.2, -0.15) is 0 Å². The van der Waals surface area contributed by atoms with Crippen molar-refractivity contribution in [3.8, 4) is 0 Å². The number of carbonyl (C=O) groups excluding carboxylic acids is 1. The van der Waals surface area contributed by atoms with Crippen LogP contribution >= 0.6 is 0 Å². The molecule has 0 atom stereocenters. The molecule has 3 rings (SSSR count). The highest BCUT2D eigenvalue weighted by atomic mass is 32.2. The van der Waals surface area contributed by atoms with Gasteiger partial charge in [-0.3, -0.25) is 4.79 Å². The number of nitrogens with one attached hydrogen (secondary N) is 1. The van der Waals surface area contributed by atoms with Crippen LogP contribution < -0.4 is 4.72 Å². The van der Waals surface area contributed by atoms with Crippen LogP contribution in [0.5, 0.6) is 0 Å². The second kappa shape index (κ2) is 7.01. The van der Waals surface area contributed by atoms with Crippen LogP contribution in [0.1, 0.15) is 34.5 Å². The van der Waals surface area contributed by atoms with Crippen LogP contribution in [-0.4, -0.2) is 38.4 Å². The minimum atomic E-state index is -3.55. The van der Waals surface area contributed by atoms with Crippen molar-refractivity contribution in [1.82, 2.24) is 9.62 Å². The summed E-state index contributed by atoms with van der Waals surface area (Å²) in [5.74, 6) is 0.162. The van der Waals surface area contributed by atoms with Crippen molar-refractivity contribution < 1.29 is 17.6 Å². The minimum absolute atomic E-state index is 0.152. The van der Waals surface area contributed by atoms with Crippen molar-refractivity contribution in [3.63, 3.8) is 0 Å². The molecule has 1 aromatic carbocycles. The molecule has 134 valence electrons. The lowest BCUT2D eigenvalue weighted by molar-refractivity contribution is 0.0679. The Labute approximate surface area is 147 Å². The number of furan rings is 1. The predicted octanol–water partition coefficient (Wildman–Crippen LogP) is 2.48. The van der Waals surface area contributed by atoms with Gasteiger partial charge >= 0.3 is 0 Å². The molecule has 1 N–H and O–H groups in total. The molecule has 1 amide bonds. The Bertz CT molecular complexity index is 851. The molecule has 0 unspecified atom stereocenters. The first-order valence-corrected chi connectivity index (χ1v) is 9.77. The maximum absolute atomic E-state index is 12.6. The number of hydrogen-bond acceptors (Lipinski definition) is 4. The van der Waals surface area contributed by atoms with E-state index >= 15 is 0 Å². The topological polar surface area (TPSA) is 79.6 Å². The second-order valence-corrected chi connectivity index (χ2v) is 8.13. The fourth-order valence-corrected chi connectivity index (χ4v) is 4.31. The number of likely N-dealkylation sites (tertiary alicyclic amines) is 1. The number of carbonyl (C=O) groups is 1. The van der Waals surface area contributed by atoms with Gasteiger partial charge in [-0.15, -0.1) is 0 Å². The normalized spacial score (nSPS) is 16.2. The van der Waals surface area contributed by atoms with Crippen molar-refractivity contribution in [2.75, 3.05) is 13.1 Å². The molecule has 7 heteroatoms. The average molecular weight is 362 g/mol. The molecule has 1 aliphatic heterocycles. The standard InChI is InChI=1S/C18H22N2O4S/c1-13-5-6-16(12-14(13)2)25(22,23)19-15-7-9-20(10-8-15)18(21)17-4-3-11-24-17/h3-6,11-12,15,19H,7-10H2,1-2H3. The summed E-state index contributed by atoms with van der Waals surface area (Å²) in [6.07, 6.45) is 2.63. The van der Waals surface area contributed by atoms with Gasteiger partial charge in [0, 0.05) is 19.1 Å². The third-order valence-electron chi connectivity index (χ3n) is 4.62. The lowest BCUT2D eigenvalue weighted by Gasteiger charge is -2.31. The monoisotopic (exact) mass is 362 g/mol. The smallest absolute Gasteiger partial charge is 0.289 e. The number of piperidine rings is 1. The molecule has 6 nitrogen and oxygen atoms in total. The van der Waals surface area contributed by atoms with Gasteiger partial charge in [0.05, 0.1) is 11.2 Å². The van der Waals surface area contributed by atoms with Crippen molar-refractivity contribution in [1.29, 1.82) is 0 Å². The SMILES string of the molecule is Cc1ccc(S(=O)(=O)NC2CCN(C(=O)c3ccco3)CC2)cc1C. The first-order chi connectivity index (χ1) is 11.9. The highest BCUT2D eigenvalue weighted by molar-refractivity contribution is 7.89. The zero-order valence-electron chi connectivity index (χ0n) is 14.4. The Kier molecular flexibility index (Phi) is 4.96. The highest BCUT2D eigenvalue weighted by Crippen LogP contribution is 2.19. The van der Waals surface area contributed by atoms with Gasteiger partial charge in [0.2, 0.25) is 10.0 Å². The number of hydrogen-bond donors (Lipinski definition) is 1. The highest BCUT2D eigenvalue weighted by Gasteiger charge is 2.28. The van der Waals surface area contributed by atoms with Gasteiger partial charge in [0.15, 0.2) is 5.76 Å². The molecular weight excluding hydrogens is 340 g/mol. The van der Waals surface area contributed by atoms with E-state index in [4.69, 9.17) is 4.42 Å². The van der Waals surface area contributed by atoms with Crippen LogP contribution in [-0.2, 0) is 10.0 Å². The van der Waals surface area contributed by atoms with Crippen LogP contribution in [0.15, 0.2) is 45.9 Å². The summed E-state index contributed by atoms with van der Waals surface area (Å²) in [5.41, 5.74) is 2.01. The van der Waals surface area contributed by atoms with Crippen molar-refractivity contribution in [2.45, 2.75) is 37.6 Å². The molecule has 2 heterocycles. The van der Waals surface area contributed by atoms with Crippen LogP contribution in [0.25, 0.3) is 0 Å². The zero-order chi connectivity index (χ0) is 18.0. The van der Waals surface area contributed by atoms with Gasteiger partial charge in [-0.25, -0.2) is 13.1 Å². The van der Waals surface area contributed by atoms with Crippen molar-refractivity contribution in [3.05, 3.63) is 53.5 Å². The maximum atomic E-state index is 12.6. The third-order valence-corrected chi connectivity index (χ3v) is 6.14. The first kappa shape index (κ1) is 17.7. The Morgan fingerprint density at radius 3 is 2.48 bits per heavy atom. The molecule has 1 aromatic heterocycles. The average Bonchev–Trinajstić information content (AvgIpc) is 3.11. The summed E-state index contributed by atoms with van der Waals surface area (Å²) < 4.78 is 33.0. The van der Waals surface area contributed by atoms with E-state index in [1.807, 2.05) is 19.9 Å². The zero-order valence-corrected chi connectivity index (χ0v) is 15.2. The van der Waals surface area contributed by atoms with Gasteiger partial charge < -0.3 is 9.32 Å². The summed E-state index contributed by atoms with van der Waals surface area (Å²) >= 11 is 0. The van der Waals surface area contributed by atoms with E-state index in [-0.39, 0.29) is 16.8 Å². The van der Waals surface area contributed by atoms with Gasteiger partial charge in [-0.05, 0) is 62.1 Å². The minimum Gasteiger partial charge on any atom is -0.459 e. The molecule has 0 bridgehead atoms. The quantitative estimate of drug-likeness (QED) is 0.906. The molecule has 0 saturated carbocycles. The number of benzene rings is 1. The van der Waals surface area contributed by atoms with Crippen molar-refractivity contribution >= 4 is 15.9 Å².